The minimum atomic E-state index is 0.0856. The maximum absolute atomic E-state index is 11.2. The fourth-order valence-corrected chi connectivity index (χ4v) is 1.48. The molecule has 0 radical (unpaired) electrons. The molecule has 0 saturated carbocycles. The first-order chi connectivity index (χ1) is 5.25. The van der Waals surface area contributed by atoms with Gasteiger partial charge in [-0.1, -0.05) is 18.3 Å². The van der Waals surface area contributed by atoms with Crippen molar-refractivity contribution in [1.82, 2.24) is 4.90 Å². The number of rotatable bonds is 2. The molecule has 60 valence electrons. The molecule has 1 saturated heterocycles. The van der Waals surface area contributed by atoms with Crippen LogP contribution in [0, 0.1) is 0 Å². The van der Waals surface area contributed by atoms with Gasteiger partial charge in [0, 0.05) is 19.4 Å². The molecule has 0 aliphatic carbocycles. The molecule has 2 nitrogen and oxygen atoms in total. The predicted molar refractivity (Wildman–Crippen MR) is 48.4 cm³/mol. The summed E-state index contributed by atoms with van der Waals surface area (Å²) < 4.78 is 0. The maximum Gasteiger partial charge on any atom is 0.231 e. The van der Waals surface area contributed by atoms with Gasteiger partial charge in [-0.2, -0.15) is 0 Å². The van der Waals surface area contributed by atoms with Gasteiger partial charge in [0.1, 0.15) is 0 Å². The fraction of sp³-hybridized carbons (Fsp3) is 0.500. The Morgan fingerprint density at radius 3 is 3.00 bits per heavy atom. The van der Waals surface area contributed by atoms with Gasteiger partial charge in [-0.3, -0.25) is 4.79 Å². The van der Waals surface area contributed by atoms with Crippen molar-refractivity contribution < 1.29 is 4.79 Å². The first-order valence-electron chi connectivity index (χ1n) is 3.70. The van der Waals surface area contributed by atoms with Crippen LogP contribution in [0.3, 0.4) is 0 Å². The first kappa shape index (κ1) is 8.40. The summed E-state index contributed by atoms with van der Waals surface area (Å²) >= 11 is 5.00. The molecular weight excluding hydrogens is 158 g/mol. The first-order valence-corrected chi connectivity index (χ1v) is 4.10. The average Bonchev–Trinajstić information content (AvgIpc) is 2.36. The minimum Gasteiger partial charge on any atom is -0.306 e. The van der Waals surface area contributed by atoms with E-state index in [9.17, 15) is 4.79 Å². The van der Waals surface area contributed by atoms with E-state index in [2.05, 4.69) is 6.58 Å². The van der Waals surface area contributed by atoms with Crippen molar-refractivity contribution in [2.75, 3.05) is 6.54 Å². The van der Waals surface area contributed by atoms with E-state index in [1.165, 1.54) is 0 Å². The third-order valence-corrected chi connectivity index (χ3v) is 2.12. The Labute approximate surface area is 71.9 Å². The SMILES string of the molecule is C=CCC(=O)N1CCCC1=S. The molecular formula is C8H11NOS. The van der Waals surface area contributed by atoms with Gasteiger partial charge >= 0.3 is 0 Å². The number of amides is 1. The number of nitrogens with zero attached hydrogens (tertiary/aromatic N) is 1. The van der Waals surface area contributed by atoms with Crippen molar-refractivity contribution in [3.05, 3.63) is 12.7 Å². The molecule has 1 aliphatic heterocycles. The highest BCUT2D eigenvalue weighted by Gasteiger charge is 2.21. The Morgan fingerprint density at radius 2 is 2.55 bits per heavy atom. The predicted octanol–water partition coefficient (Wildman–Crippen LogP) is 1.51. The van der Waals surface area contributed by atoms with Gasteiger partial charge in [-0.25, -0.2) is 0 Å². The number of thiocarbonyl (C=S) groups is 1. The van der Waals surface area contributed by atoms with Gasteiger partial charge in [0.2, 0.25) is 5.91 Å². The molecule has 0 N–H and O–H groups in total. The largest absolute Gasteiger partial charge is 0.306 e. The topological polar surface area (TPSA) is 20.3 Å². The molecule has 0 aromatic rings. The molecule has 1 aliphatic rings. The standard InChI is InChI=1S/C8H11NOS/c1-2-4-7(10)9-6-3-5-8(9)11/h2H,1,3-6H2. The monoisotopic (exact) mass is 169 g/mol. The Kier molecular flexibility index (Phi) is 2.76. The van der Waals surface area contributed by atoms with Crippen molar-refractivity contribution >= 4 is 23.1 Å². The summed E-state index contributed by atoms with van der Waals surface area (Å²) in [5, 5.41) is 0. The zero-order chi connectivity index (χ0) is 8.27. The quantitative estimate of drug-likeness (QED) is 0.461. The second-order valence-corrected chi connectivity index (χ2v) is 3.01. The summed E-state index contributed by atoms with van der Waals surface area (Å²) in [7, 11) is 0. The molecule has 0 aromatic heterocycles. The smallest absolute Gasteiger partial charge is 0.231 e. The zero-order valence-electron chi connectivity index (χ0n) is 6.38. The molecule has 3 heteroatoms. The molecule has 0 bridgehead atoms. The average molecular weight is 169 g/mol. The second-order valence-electron chi connectivity index (χ2n) is 2.54. The Balaban J connectivity index is 2.52. The van der Waals surface area contributed by atoms with Gasteiger partial charge in [-0.15, -0.1) is 6.58 Å². The summed E-state index contributed by atoms with van der Waals surface area (Å²) in [4.78, 5) is 13.7. The van der Waals surface area contributed by atoms with Crippen LogP contribution in [0.15, 0.2) is 12.7 Å². The second kappa shape index (κ2) is 3.62. The normalized spacial score (nSPS) is 17.1. The lowest BCUT2D eigenvalue weighted by atomic mass is 10.4. The highest BCUT2D eigenvalue weighted by Crippen LogP contribution is 2.12. The Hall–Kier alpha value is -0.700. The van der Waals surface area contributed by atoms with E-state index in [0.29, 0.717) is 6.42 Å². The van der Waals surface area contributed by atoms with Gasteiger partial charge in [0.05, 0.1) is 4.99 Å². The van der Waals surface area contributed by atoms with Crippen molar-refractivity contribution in [2.45, 2.75) is 19.3 Å². The zero-order valence-corrected chi connectivity index (χ0v) is 7.19. The lowest BCUT2D eigenvalue weighted by Gasteiger charge is -2.13. The Bertz CT molecular complexity index is 200. The van der Waals surface area contributed by atoms with Crippen molar-refractivity contribution in [1.29, 1.82) is 0 Å². The van der Waals surface area contributed by atoms with Gasteiger partial charge in [0.25, 0.3) is 0 Å². The molecule has 0 atom stereocenters. The van der Waals surface area contributed by atoms with Crippen LogP contribution in [0.5, 0.6) is 0 Å². The lowest BCUT2D eigenvalue weighted by Crippen LogP contribution is -2.30. The molecule has 0 spiro atoms. The lowest BCUT2D eigenvalue weighted by molar-refractivity contribution is -0.126. The van der Waals surface area contributed by atoms with E-state index in [0.717, 1.165) is 24.4 Å². The molecule has 11 heavy (non-hydrogen) atoms. The van der Waals surface area contributed by atoms with E-state index in [-0.39, 0.29) is 5.91 Å². The third-order valence-electron chi connectivity index (χ3n) is 1.69. The summed E-state index contributed by atoms with van der Waals surface area (Å²) in [6.45, 7) is 4.30. The Morgan fingerprint density at radius 1 is 1.82 bits per heavy atom. The van der Waals surface area contributed by atoms with E-state index >= 15 is 0 Å². The van der Waals surface area contributed by atoms with Crippen LogP contribution in [0.1, 0.15) is 19.3 Å². The van der Waals surface area contributed by atoms with E-state index in [4.69, 9.17) is 12.2 Å². The van der Waals surface area contributed by atoms with Crippen molar-refractivity contribution in [3.8, 4) is 0 Å². The van der Waals surface area contributed by atoms with Gasteiger partial charge < -0.3 is 4.90 Å². The van der Waals surface area contributed by atoms with E-state index in [1.807, 2.05) is 0 Å². The van der Waals surface area contributed by atoms with Crippen molar-refractivity contribution in [2.24, 2.45) is 0 Å². The summed E-state index contributed by atoms with van der Waals surface area (Å²) in [6.07, 6.45) is 3.92. The van der Waals surface area contributed by atoms with Crippen LogP contribution in [0.2, 0.25) is 0 Å². The highest BCUT2D eigenvalue weighted by atomic mass is 32.1. The molecule has 0 unspecified atom stereocenters. The van der Waals surface area contributed by atoms with Crippen LogP contribution in [0.4, 0.5) is 0 Å². The summed E-state index contributed by atoms with van der Waals surface area (Å²) in [6, 6.07) is 0. The van der Waals surface area contributed by atoms with Gasteiger partial charge in [0.15, 0.2) is 0 Å². The molecule has 1 heterocycles. The molecule has 1 fully saturated rings. The maximum atomic E-state index is 11.2. The van der Waals surface area contributed by atoms with Crippen LogP contribution >= 0.6 is 12.2 Å². The van der Waals surface area contributed by atoms with Crippen LogP contribution in [0.25, 0.3) is 0 Å². The summed E-state index contributed by atoms with van der Waals surface area (Å²) in [5.74, 6) is 0.0856. The minimum absolute atomic E-state index is 0.0856. The highest BCUT2D eigenvalue weighted by molar-refractivity contribution is 7.80. The van der Waals surface area contributed by atoms with E-state index in [1.54, 1.807) is 11.0 Å². The molecule has 0 aromatic carbocycles. The number of likely N-dealkylation sites (tertiary alicyclic amines) is 1. The van der Waals surface area contributed by atoms with Crippen molar-refractivity contribution in [3.63, 3.8) is 0 Å². The number of hydrogen-bond donors (Lipinski definition) is 0. The molecule has 1 amide bonds. The number of carbonyl (C=O) groups excluding carboxylic acids is 1. The van der Waals surface area contributed by atoms with E-state index < -0.39 is 0 Å². The van der Waals surface area contributed by atoms with Gasteiger partial charge in [-0.05, 0) is 6.42 Å². The molecule has 1 rings (SSSR count). The number of carbonyl (C=O) groups is 1. The third kappa shape index (κ3) is 1.87. The van der Waals surface area contributed by atoms with Crippen LogP contribution < -0.4 is 0 Å². The summed E-state index contributed by atoms with van der Waals surface area (Å²) in [5.41, 5.74) is 0. The van der Waals surface area contributed by atoms with Crippen LogP contribution in [-0.2, 0) is 4.79 Å². The van der Waals surface area contributed by atoms with Crippen LogP contribution in [-0.4, -0.2) is 22.3 Å². The fourth-order valence-electron chi connectivity index (χ4n) is 1.15. The number of hydrogen-bond acceptors (Lipinski definition) is 2.